The average Bonchev–Trinajstić information content (AvgIpc) is 2.88. The van der Waals surface area contributed by atoms with E-state index in [1.54, 1.807) is 13.2 Å². The Hall–Kier alpha value is -2.14. The van der Waals surface area contributed by atoms with E-state index in [1.807, 2.05) is 30.3 Å². The minimum Gasteiger partial charge on any atom is -0.358 e. The summed E-state index contributed by atoms with van der Waals surface area (Å²) in [7, 11) is 1.62. The van der Waals surface area contributed by atoms with E-state index in [2.05, 4.69) is 20.8 Å². The minimum absolute atomic E-state index is 0.0280. The maximum Gasteiger partial charge on any atom is 0.233 e. The van der Waals surface area contributed by atoms with Gasteiger partial charge in [-0.1, -0.05) is 30.3 Å². The van der Waals surface area contributed by atoms with Crippen molar-refractivity contribution < 1.29 is 4.79 Å². The predicted octanol–water partition coefficient (Wildman–Crippen LogP) is 0.912. The lowest BCUT2D eigenvalue weighted by Gasteiger charge is -2.05. The van der Waals surface area contributed by atoms with Gasteiger partial charge in [-0.2, -0.15) is 5.10 Å². The van der Waals surface area contributed by atoms with Gasteiger partial charge in [-0.15, -0.1) is 0 Å². The van der Waals surface area contributed by atoms with Gasteiger partial charge in [0, 0.05) is 19.2 Å². The third kappa shape index (κ3) is 2.95. The number of aromatic amines is 1. The molecule has 3 N–H and O–H groups in total. The number of benzene rings is 1. The first-order chi connectivity index (χ1) is 8.81. The Kier molecular flexibility index (Phi) is 4.09. The van der Waals surface area contributed by atoms with Crippen LogP contribution < -0.4 is 10.6 Å². The standard InChI is InChI=1S/C13H16N4O/c1-14-12(18)9-15-7-11-8-16-17-13(11)10-5-3-2-4-6-10/h2-6,8,15H,7,9H2,1H3,(H,14,18)(H,16,17). The van der Waals surface area contributed by atoms with Crippen LogP contribution in [0.1, 0.15) is 5.56 Å². The SMILES string of the molecule is CNC(=O)CNCc1cn[nH]c1-c1ccccc1. The number of hydrogen-bond acceptors (Lipinski definition) is 3. The van der Waals surface area contributed by atoms with E-state index < -0.39 is 0 Å². The zero-order valence-corrected chi connectivity index (χ0v) is 10.2. The molecule has 2 aromatic rings. The maximum atomic E-state index is 11.1. The van der Waals surface area contributed by atoms with Crippen molar-refractivity contribution in [2.45, 2.75) is 6.54 Å². The molecule has 5 nitrogen and oxygen atoms in total. The van der Waals surface area contributed by atoms with Gasteiger partial charge >= 0.3 is 0 Å². The van der Waals surface area contributed by atoms with Crippen molar-refractivity contribution in [1.82, 2.24) is 20.8 Å². The summed E-state index contributed by atoms with van der Waals surface area (Å²) in [6, 6.07) is 9.99. The number of aromatic nitrogens is 2. The topological polar surface area (TPSA) is 69.8 Å². The van der Waals surface area contributed by atoms with Gasteiger partial charge in [0.2, 0.25) is 5.91 Å². The quantitative estimate of drug-likeness (QED) is 0.732. The maximum absolute atomic E-state index is 11.1. The highest BCUT2D eigenvalue weighted by molar-refractivity contribution is 5.77. The molecule has 1 aromatic carbocycles. The van der Waals surface area contributed by atoms with E-state index in [4.69, 9.17) is 0 Å². The van der Waals surface area contributed by atoms with Crippen molar-refractivity contribution in [3.05, 3.63) is 42.1 Å². The summed E-state index contributed by atoms with van der Waals surface area (Å²) in [4.78, 5) is 11.1. The Labute approximate surface area is 106 Å². The number of carbonyl (C=O) groups excluding carboxylic acids is 1. The van der Waals surface area contributed by atoms with Crippen molar-refractivity contribution in [1.29, 1.82) is 0 Å². The molecule has 0 bridgehead atoms. The predicted molar refractivity (Wildman–Crippen MR) is 69.8 cm³/mol. The van der Waals surface area contributed by atoms with Crippen molar-refractivity contribution >= 4 is 5.91 Å². The monoisotopic (exact) mass is 244 g/mol. The summed E-state index contributed by atoms with van der Waals surface area (Å²) in [6.07, 6.45) is 1.78. The Balaban J connectivity index is 2.03. The molecule has 2 rings (SSSR count). The highest BCUT2D eigenvalue weighted by Gasteiger charge is 2.07. The van der Waals surface area contributed by atoms with E-state index in [9.17, 15) is 4.79 Å². The number of likely N-dealkylation sites (N-methyl/N-ethyl adjacent to an activating group) is 1. The molecule has 0 atom stereocenters. The van der Waals surface area contributed by atoms with Crippen molar-refractivity contribution in [2.24, 2.45) is 0 Å². The second-order valence-electron chi connectivity index (χ2n) is 3.91. The molecule has 1 aromatic heterocycles. The zero-order valence-electron chi connectivity index (χ0n) is 10.2. The molecule has 0 radical (unpaired) electrons. The summed E-state index contributed by atoms with van der Waals surface area (Å²) in [5, 5.41) is 12.7. The van der Waals surface area contributed by atoms with Crippen LogP contribution in [0.4, 0.5) is 0 Å². The fourth-order valence-corrected chi connectivity index (χ4v) is 1.70. The van der Waals surface area contributed by atoms with Gasteiger partial charge in [0.1, 0.15) is 0 Å². The lowest BCUT2D eigenvalue weighted by atomic mass is 10.1. The van der Waals surface area contributed by atoms with Crippen LogP contribution in [0.15, 0.2) is 36.5 Å². The number of H-pyrrole nitrogens is 1. The van der Waals surface area contributed by atoms with Crippen LogP contribution in [-0.2, 0) is 11.3 Å². The van der Waals surface area contributed by atoms with Gasteiger partial charge < -0.3 is 10.6 Å². The molecule has 18 heavy (non-hydrogen) atoms. The van der Waals surface area contributed by atoms with Crippen LogP contribution in [0.25, 0.3) is 11.3 Å². The molecule has 94 valence electrons. The van der Waals surface area contributed by atoms with Gasteiger partial charge in [0.15, 0.2) is 0 Å². The van der Waals surface area contributed by atoms with E-state index in [0.29, 0.717) is 13.1 Å². The van der Waals surface area contributed by atoms with Crippen molar-refractivity contribution in [3.63, 3.8) is 0 Å². The zero-order chi connectivity index (χ0) is 12.8. The first-order valence-corrected chi connectivity index (χ1v) is 5.80. The van der Waals surface area contributed by atoms with Crippen LogP contribution in [0.3, 0.4) is 0 Å². The molecule has 0 unspecified atom stereocenters. The number of nitrogens with one attached hydrogen (secondary N) is 3. The number of nitrogens with zero attached hydrogens (tertiary/aromatic N) is 1. The van der Waals surface area contributed by atoms with Crippen LogP contribution >= 0.6 is 0 Å². The number of carbonyl (C=O) groups is 1. The summed E-state index contributed by atoms with van der Waals surface area (Å²) in [5.74, 6) is -0.0280. The van der Waals surface area contributed by atoms with E-state index in [-0.39, 0.29) is 5.91 Å². The second kappa shape index (κ2) is 5.97. The Morgan fingerprint density at radius 3 is 2.83 bits per heavy atom. The Morgan fingerprint density at radius 2 is 2.11 bits per heavy atom. The number of amides is 1. The fraction of sp³-hybridized carbons (Fsp3) is 0.231. The fourth-order valence-electron chi connectivity index (χ4n) is 1.70. The Bertz CT molecular complexity index is 507. The first-order valence-electron chi connectivity index (χ1n) is 5.80. The average molecular weight is 244 g/mol. The normalized spacial score (nSPS) is 10.3. The smallest absolute Gasteiger partial charge is 0.233 e. The van der Waals surface area contributed by atoms with Gasteiger partial charge in [-0.3, -0.25) is 9.89 Å². The highest BCUT2D eigenvalue weighted by Crippen LogP contribution is 2.20. The molecule has 0 saturated carbocycles. The number of hydrogen-bond donors (Lipinski definition) is 3. The first kappa shape index (κ1) is 12.3. The summed E-state index contributed by atoms with van der Waals surface area (Å²) in [5.41, 5.74) is 3.12. The number of rotatable bonds is 5. The van der Waals surface area contributed by atoms with Crippen LogP contribution in [0.5, 0.6) is 0 Å². The van der Waals surface area contributed by atoms with E-state index >= 15 is 0 Å². The summed E-state index contributed by atoms with van der Waals surface area (Å²) >= 11 is 0. The van der Waals surface area contributed by atoms with Crippen LogP contribution in [0, 0.1) is 0 Å². The molecule has 1 amide bonds. The third-order valence-corrected chi connectivity index (χ3v) is 2.66. The molecule has 0 aliphatic rings. The molecule has 1 heterocycles. The van der Waals surface area contributed by atoms with Crippen LogP contribution in [-0.4, -0.2) is 29.7 Å². The molecular weight excluding hydrogens is 228 g/mol. The molecule has 0 spiro atoms. The van der Waals surface area contributed by atoms with Gasteiger partial charge in [0.05, 0.1) is 18.4 Å². The molecule has 0 aliphatic heterocycles. The summed E-state index contributed by atoms with van der Waals surface area (Å²) < 4.78 is 0. The molecule has 0 saturated heterocycles. The third-order valence-electron chi connectivity index (χ3n) is 2.66. The van der Waals surface area contributed by atoms with Gasteiger partial charge in [-0.05, 0) is 5.56 Å². The van der Waals surface area contributed by atoms with Crippen molar-refractivity contribution in [2.75, 3.05) is 13.6 Å². The molecular formula is C13H16N4O. The minimum atomic E-state index is -0.0280. The van der Waals surface area contributed by atoms with Gasteiger partial charge in [-0.25, -0.2) is 0 Å². The second-order valence-corrected chi connectivity index (χ2v) is 3.91. The van der Waals surface area contributed by atoms with Crippen LogP contribution in [0.2, 0.25) is 0 Å². The lowest BCUT2D eigenvalue weighted by Crippen LogP contribution is -2.30. The molecule has 0 fully saturated rings. The molecule has 5 heteroatoms. The highest BCUT2D eigenvalue weighted by atomic mass is 16.1. The van der Waals surface area contributed by atoms with Gasteiger partial charge in [0.25, 0.3) is 0 Å². The summed E-state index contributed by atoms with van der Waals surface area (Å²) in [6.45, 7) is 0.907. The van der Waals surface area contributed by atoms with Crippen molar-refractivity contribution in [3.8, 4) is 11.3 Å². The lowest BCUT2D eigenvalue weighted by molar-refractivity contribution is -0.119. The largest absolute Gasteiger partial charge is 0.358 e. The van der Waals surface area contributed by atoms with E-state index in [0.717, 1.165) is 16.8 Å². The molecule has 0 aliphatic carbocycles. The Morgan fingerprint density at radius 1 is 1.33 bits per heavy atom. The van der Waals surface area contributed by atoms with E-state index in [1.165, 1.54) is 0 Å².